The predicted molar refractivity (Wildman–Crippen MR) is 73.0 cm³/mol. The standard InChI is InChI=1S/C13H9BrFN3O2/c14-10-7-8(15)6-9-11(10)18(13(20)12(9)19)5-4-17-3-1-2-16-17/h1-3,6-7H,4-5H2. The molecule has 20 heavy (non-hydrogen) atoms. The average molecular weight is 338 g/mol. The van der Waals surface area contributed by atoms with Crippen molar-refractivity contribution >= 4 is 33.3 Å². The highest BCUT2D eigenvalue weighted by Crippen LogP contribution is 2.36. The Morgan fingerprint density at radius 2 is 2.05 bits per heavy atom. The van der Waals surface area contributed by atoms with Crippen molar-refractivity contribution in [2.45, 2.75) is 6.54 Å². The van der Waals surface area contributed by atoms with E-state index in [1.54, 1.807) is 23.1 Å². The number of hydrogen-bond acceptors (Lipinski definition) is 3. The minimum absolute atomic E-state index is 0.0994. The third-order valence-corrected chi connectivity index (χ3v) is 3.70. The molecule has 7 heteroatoms. The number of halogens is 2. The summed E-state index contributed by atoms with van der Waals surface area (Å²) in [7, 11) is 0. The van der Waals surface area contributed by atoms with Gasteiger partial charge in [0, 0.05) is 23.4 Å². The molecule has 0 N–H and O–H groups in total. The molecule has 0 radical (unpaired) electrons. The largest absolute Gasteiger partial charge is 0.302 e. The predicted octanol–water partition coefficient (Wildman–Crippen LogP) is 2.01. The van der Waals surface area contributed by atoms with Crippen LogP contribution >= 0.6 is 15.9 Å². The van der Waals surface area contributed by atoms with Crippen LogP contribution in [0.3, 0.4) is 0 Å². The Labute approximate surface area is 122 Å². The zero-order valence-corrected chi connectivity index (χ0v) is 11.8. The van der Waals surface area contributed by atoms with Gasteiger partial charge in [-0.15, -0.1) is 0 Å². The summed E-state index contributed by atoms with van der Waals surface area (Å²) in [5.41, 5.74) is 0.524. The molecule has 0 aliphatic carbocycles. The number of benzene rings is 1. The lowest BCUT2D eigenvalue weighted by Gasteiger charge is -2.17. The van der Waals surface area contributed by atoms with Gasteiger partial charge in [0.1, 0.15) is 5.82 Å². The number of ketones is 1. The monoisotopic (exact) mass is 337 g/mol. The number of anilines is 1. The summed E-state index contributed by atoms with van der Waals surface area (Å²) in [6.45, 7) is 0.749. The zero-order chi connectivity index (χ0) is 14.3. The summed E-state index contributed by atoms with van der Waals surface area (Å²) in [6.07, 6.45) is 3.40. The number of carbonyl (C=O) groups excluding carboxylic acids is 2. The van der Waals surface area contributed by atoms with Crippen LogP contribution in [0.15, 0.2) is 35.1 Å². The summed E-state index contributed by atoms with van der Waals surface area (Å²) in [6, 6.07) is 4.11. The lowest BCUT2D eigenvalue weighted by molar-refractivity contribution is -0.114. The molecule has 5 nitrogen and oxygen atoms in total. The van der Waals surface area contributed by atoms with Crippen LogP contribution in [0.25, 0.3) is 0 Å². The molecule has 0 spiro atoms. The number of rotatable bonds is 3. The van der Waals surface area contributed by atoms with Gasteiger partial charge in [-0.05, 0) is 34.1 Å². The molecule has 0 atom stereocenters. The van der Waals surface area contributed by atoms with Gasteiger partial charge >= 0.3 is 0 Å². The van der Waals surface area contributed by atoms with E-state index in [0.717, 1.165) is 6.07 Å². The fourth-order valence-electron chi connectivity index (χ4n) is 2.20. The molecule has 1 aromatic heterocycles. The van der Waals surface area contributed by atoms with Crippen molar-refractivity contribution in [1.29, 1.82) is 0 Å². The van der Waals surface area contributed by atoms with Crippen molar-refractivity contribution in [2.24, 2.45) is 0 Å². The third-order valence-electron chi connectivity index (χ3n) is 3.09. The number of hydrogen-bond donors (Lipinski definition) is 0. The van der Waals surface area contributed by atoms with E-state index in [4.69, 9.17) is 0 Å². The topological polar surface area (TPSA) is 55.2 Å². The van der Waals surface area contributed by atoms with Gasteiger partial charge in [0.05, 0.1) is 17.8 Å². The maximum absolute atomic E-state index is 13.3. The van der Waals surface area contributed by atoms with Crippen LogP contribution in [0.5, 0.6) is 0 Å². The molecule has 0 fully saturated rings. The van der Waals surface area contributed by atoms with Crippen LogP contribution in [0.1, 0.15) is 10.4 Å². The first-order valence-electron chi connectivity index (χ1n) is 5.90. The van der Waals surface area contributed by atoms with Gasteiger partial charge in [0.15, 0.2) is 0 Å². The van der Waals surface area contributed by atoms with E-state index in [9.17, 15) is 14.0 Å². The number of Topliss-reactive ketones (excluding diaryl/α,β-unsaturated/α-hetero) is 1. The molecule has 0 unspecified atom stereocenters. The second-order valence-corrected chi connectivity index (χ2v) is 5.19. The average Bonchev–Trinajstić information content (AvgIpc) is 2.98. The number of amides is 1. The molecular formula is C13H9BrFN3O2. The molecule has 2 heterocycles. The van der Waals surface area contributed by atoms with E-state index >= 15 is 0 Å². The van der Waals surface area contributed by atoms with Crippen molar-refractivity contribution in [3.63, 3.8) is 0 Å². The Bertz CT molecular complexity index is 700. The van der Waals surface area contributed by atoms with E-state index in [0.29, 0.717) is 23.2 Å². The third kappa shape index (κ3) is 2.03. The Balaban J connectivity index is 1.93. The van der Waals surface area contributed by atoms with Crippen molar-refractivity contribution in [3.05, 3.63) is 46.4 Å². The molecule has 1 amide bonds. The first-order valence-corrected chi connectivity index (χ1v) is 6.70. The van der Waals surface area contributed by atoms with Crippen LogP contribution < -0.4 is 4.90 Å². The number of aromatic nitrogens is 2. The van der Waals surface area contributed by atoms with Gasteiger partial charge in [-0.3, -0.25) is 14.3 Å². The van der Waals surface area contributed by atoms with Gasteiger partial charge in [-0.25, -0.2) is 4.39 Å². The molecular weight excluding hydrogens is 329 g/mol. The minimum atomic E-state index is -0.680. The normalized spacial score (nSPS) is 14.0. The lowest BCUT2D eigenvalue weighted by atomic mass is 10.1. The van der Waals surface area contributed by atoms with E-state index < -0.39 is 17.5 Å². The van der Waals surface area contributed by atoms with Crippen molar-refractivity contribution in [1.82, 2.24) is 9.78 Å². The number of carbonyl (C=O) groups is 2. The Hall–Kier alpha value is -2.02. The van der Waals surface area contributed by atoms with E-state index in [1.807, 2.05) is 0 Å². The van der Waals surface area contributed by atoms with E-state index in [-0.39, 0.29) is 5.56 Å². The van der Waals surface area contributed by atoms with Crippen LogP contribution in [0, 0.1) is 5.82 Å². The quantitative estimate of drug-likeness (QED) is 0.805. The molecule has 2 aromatic rings. The van der Waals surface area contributed by atoms with Gasteiger partial charge in [0.25, 0.3) is 11.7 Å². The maximum Gasteiger partial charge on any atom is 0.299 e. The zero-order valence-electron chi connectivity index (χ0n) is 10.2. The summed E-state index contributed by atoms with van der Waals surface area (Å²) in [5, 5.41) is 4.04. The molecule has 3 rings (SSSR count). The minimum Gasteiger partial charge on any atom is -0.302 e. The smallest absolute Gasteiger partial charge is 0.299 e. The first-order chi connectivity index (χ1) is 9.58. The highest BCUT2D eigenvalue weighted by Gasteiger charge is 2.37. The molecule has 0 saturated carbocycles. The molecule has 0 bridgehead atoms. The molecule has 1 aromatic carbocycles. The van der Waals surface area contributed by atoms with E-state index in [1.165, 1.54) is 11.0 Å². The van der Waals surface area contributed by atoms with E-state index in [2.05, 4.69) is 21.0 Å². The Morgan fingerprint density at radius 1 is 1.25 bits per heavy atom. The summed E-state index contributed by atoms with van der Waals surface area (Å²) >= 11 is 3.20. The van der Waals surface area contributed by atoms with Crippen molar-refractivity contribution in [3.8, 4) is 0 Å². The van der Waals surface area contributed by atoms with Crippen LogP contribution in [0.4, 0.5) is 10.1 Å². The van der Waals surface area contributed by atoms with Gasteiger partial charge < -0.3 is 4.90 Å². The van der Waals surface area contributed by atoms with Crippen LogP contribution in [-0.4, -0.2) is 28.0 Å². The molecule has 102 valence electrons. The van der Waals surface area contributed by atoms with Gasteiger partial charge in [0.2, 0.25) is 0 Å². The second-order valence-electron chi connectivity index (χ2n) is 4.34. The molecule has 1 aliphatic heterocycles. The lowest BCUT2D eigenvalue weighted by Crippen LogP contribution is -2.33. The van der Waals surface area contributed by atoms with Crippen molar-refractivity contribution < 1.29 is 14.0 Å². The highest BCUT2D eigenvalue weighted by molar-refractivity contribution is 9.10. The number of nitrogens with zero attached hydrogens (tertiary/aromatic N) is 3. The van der Waals surface area contributed by atoms with Crippen molar-refractivity contribution in [2.75, 3.05) is 11.4 Å². The van der Waals surface area contributed by atoms with Gasteiger partial charge in [-0.2, -0.15) is 5.10 Å². The van der Waals surface area contributed by atoms with Gasteiger partial charge in [-0.1, -0.05) is 0 Å². The fourth-order valence-corrected chi connectivity index (χ4v) is 2.85. The summed E-state index contributed by atoms with van der Waals surface area (Å²) in [5.74, 6) is -1.87. The van der Waals surface area contributed by atoms with Crippen LogP contribution in [-0.2, 0) is 11.3 Å². The second kappa shape index (κ2) is 4.82. The molecule has 1 aliphatic rings. The fraction of sp³-hybridized carbons (Fsp3) is 0.154. The Kier molecular flexibility index (Phi) is 3.13. The SMILES string of the molecule is O=C1C(=O)N(CCn2cccn2)c2c(Br)cc(F)cc21. The first kappa shape index (κ1) is 13.0. The highest BCUT2D eigenvalue weighted by atomic mass is 79.9. The Morgan fingerprint density at radius 3 is 2.75 bits per heavy atom. The molecule has 0 saturated heterocycles. The maximum atomic E-state index is 13.3. The summed E-state index contributed by atoms with van der Waals surface area (Å²) in [4.78, 5) is 25.2. The van der Waals surface area contributed by atoms with Crippen LogP contribution in [0.2, 0.25) is 0 Å². The summed E-state index contributed by atoms with van der Waals surface area (Å²) < 4.78 is 15.4. The number of fused-ring (bicyclic) bond motifs is 1.